The number of aryl methyl sites for hydroxylation is 3. The fraction of sp³-hybridized carbons (Fsp3) is 0.458. The van der Waals surface area contributed by atoms with E-state index in [0.29, 0.717) is 31.8 Å². The van der Waals surface area contributed by atoms with Crippen LogP contribution in [0.4, 0.5) is 0 Å². The van der Waals surface area contributed by atoms with Crippen LogP contribution >= 0.6 is 0 Å². The predicted octanol–water partition coefficient (Wildman–Crippen LogP) is 3.99. The summed E-state index contributed by atoms with van der Waals surface area (Å²) in [5, 5.41) is 2.83. The Labute approximate surface area is 185 Å². The SMILES string of the molecule is Cc1ccc(OCCNC(=O)c2cc(S(=O)(=O)N3CCCCCC3)ccc2C)cc1C. The summed E-state index contributed by atoms with van der Waals surface area (Å²) in [6, 6.07) is 10.7. The van der Waals surface area contributed by atoms with E-state index in [0.717, 1.165) is 42.6 Å². The van der Waals surface area contributed by atoms with Crippen LogP contribution in [0.15, 0.2) is 41.3 Å². The third-order valence-electron chi connectivity index (χ3n) is 5.79. The molecule has 2 aromatic rings. The van der Waals surface area contributed by atoms with Crippen LogP contribution in [0.25, 0.3) is 0 Å². The van der Waals surface area contributed by atoms with Gasteiger partial charge >= 0.3 is 0 Å². The van der Waals surface area contributed by atoms with Crippen LogP contribution in [-0.2, 0) is 10.0 Å². The maximum Gasteiger partial charge on any atom is 0.251 e. The molecule has 0 radical (unpaired) electrons. The average molecular weight is 445 g/mol. The van der Waals surface area contributed by atoms with Gasteiger partial charge in [-0.25, -0.2) is 8.42 Å². The Morgan fingerprint density at radius 2 is 1.61 bits per heavy atom. The van der Waals surface area contributed by atoms with Crippen molar-refractivity contribution in [1.29, 1.82) is 0 Å². The Bertz CT molecular complexity index is 1030. The van der Waals surface area contributed by atoms with Crippen LogP contribution in [0.3, 0.4) is 0 Å². The van der Waals surface area contributed by atoms with Gasteiger partial charge in [0.2, 0.25) is 10.0 Å². The Hall–Kier alpha value is -2.38. The number of carbonyl (C=O) groups excluding carboxylic acids is 1. The highest BCUT2D eigenvalue weighted by molar-refractivity contribution is 7.89. The van der Waals surface area contributed by atoms with Gasteiger partial charge in [0.1, 0.15) is 12.4 Å². The Morgan fingerprint density at radius 3 is 2.29 bits per heavy atom. The molecule has 1 fully saturated rings. The molecule has 0 aliphatic carbocycles. The molecule has 3 rings (SSSR count). The fourth-order valence-corrected chi connectivity index (χ4v) is 5.21. The number of rotatable bonds is 7. The number of ether oxygens (including phenoxy) is 1. The summed E-state index contributed by atoms with van der Waals surface area (Å²) in [4.78, 5) is 12.9. The number of hydrogen-bond donors (Lipinski definition) is 1. The van der Waals surface area contributed by atoms with Crippen molar-refractivity contribution < 1.29 is 17.9 Å². The van der Waals surface area contributed by atoms with Crippen molar-refractivity contribution in [3.8, 4) is 5.75 Å². The average Bonchev–Trinajstić information content (AvgIpc) is 3.04. The highest BCUT2D eigenvalue weighted by atomic mass is 32.2. The molecule has 0 atom stereocenters. The zero-order valence-corrected chi connectivity index (χ0v) is 19.4. The molecule has 0 aromatic heterocycles. The van der Waals surface area contributed by atoms with E-state index in [-0.39, 0.29) is 10.8 Å². The van der Waals surface area contributed by atoms with Crippen molar-refractivity contribution in [3.63, 3.8) is 0 Å². The number of nitrogens with one attached hydrogen (secondary N) is 1. The van der Waals surface area contributed by atoms with Gasteiger partial charge in [-0.3, -0.25) is 4.79 Å². The van der Waals surface area contributed by atoms with Crippen molar-refractivity contribution in [2.75, 3.05) is 26.2 Å². The van der Waals surface area contributed by atoms with E-state index in [4.69, 9.17) is 4.74 Å². The molecule has 1 aliphatic heterocycles. The summed E-state index contributed by atoms with van der Waals surface area (Å²) >= 11 is 0. The van der Waals surface area contributed by atoms with Crippen molar-refractivity contribution in [1.82, 2.24) is 9.62 Å². The van der Waals surface area contributed by atoms with Crippen molar-refractivity contribution in [3.05, 3.63) is 58.7 Å². The van der Waals surface area contributed by atoms with Crippen LogP contribution in [0.2, 0.25) is 0 Å². The number of sulfonamides is 1. The van der Waals surface area contributed by atoms with Gasteiger partial charge in [-0.15, -0.1) is 0 Å². The second kappa shape index (κ2) is 10.3. The first kappa shape index (κ1) is 23.3. The van der Waals surface area contributed by atoms with E-state index in [1.165, 1.54) is 11.6 Å². The van der Waals surface area contributed by atoms with Crippen LogP contribution in [0, 0.1) is 20.8 Å². The molecule has 31 heavy (non-hydrogen) atoms. The summed E-state index contributed by atoms with van der Waals surface area (Å²) in [5.41, 5.74) is 3.47. The number of carbonyl (C=O) groups is 1. The molecular weight excluding hydrogens is 412 g/mol. The molecule has 1 aliphatic rings. The first-order valence-corrected chi connectivity index (χ1v) is 12.3. The first-order valence-electron chi connectivity index (χ1n) is 10.9. The standard InChI is InChI=1S/C24H32N2O4S/c1-18-8-10-21(16-20(18)3)30-15-12-25-24(27)23-17-22(11-9-19(23)2)31(28,29)26-13-6-4-5-7-14-26/h8-11,16-17H,4-7,12-15H2,1-3H3,(H,25,27). The molecule has 1 N–H and O–H groups in total. The molecule has 7 heteroatoms. The molecule has 0 unspecified atom stereocenters. The summed E-state index contributed by atoms with van der Waals surface area (Å²) in [7, 11) is -3.60. The molecule has 6 nitrogen and oxygen atoms in total. The van der Waals surface area contributed by atoms with Crippen molar-refractivity contribution >= 4 is 15.9 Å². The topological polar surface area (TPSA) is 75.7 Å². The maximum atomic E-state index is 13.1. The van der Waals surface area contributed by atoms with E-state index < -0.39 is 10.0 Å². The van der Waals surface area contributed by atoms with Crippen LogP contribution in [-0.4, -0.2) is 44.9 Å². The minimum atomic E-state index is -3.60. The lowest BCUT2D eigenvalue weighted by atomic mass is 10.1. The molecule has 0 spiro atoms. The first-order chi connectivity index (χ1) is 14.8. The van der Waals surface area contributed by atoms with Crippen LogP contribution in [0.1, 0.15) is 52.7 Å². The van der Waals surface area contributed by atoms with Crippen molar-refractivity contribution in [2.24, 2.45) is 0 Å². The lowest BCUT2D eigenvalue weighted by Crippen LogP contribution is -2.32. The van der Waals surface area contributed by atoms with Gasteiger partial charge in [0.25, 0.3) is 5.91 Å². The minimum absolute atomic E-state index is 0.177. The third-order valence-corrected chi connectivity index (χ3v) is 7.69. The maximum absolute atomic E-state index is 13.1. The number of amides is 1. The van der Waals surface area contributed by atoms with E-state index in [1.807, 2.05) is 39.0 Å². The van der Waals surface area contributed by atoms with E-state index in [2.05, 4.69) is 5.32 Å². The summed E-state index contributed by atoms with van der Waals surface area (Å²) < 4.78 is 33.4. The highest BCUT2D eigenvalue weighted by Crippen LogP contribution is 2.23. The fourth-order valence-electron chi connectivity index (χ4n) is 3.67. The number of nitrogens with zero attached hydrogens (tertiary/aromatic N) is 1. The highest BCUT2D eigenvalue weighted by Gasteiger charge is 2.26. The second-order valence-electron chi connectivity index (χ2n) is 8.15. The normalized spacial score (nSPS) is 15.3. The zero-order valence-electron chi connectivity index (χ0n) is 18.6. The summed E-state index contributed by atoms with van der Waals surface area (Å²) in [6.07, 6.45) is 3.85. The second-order valence-corrected chi connectivity index (χ2v) is 10.1. The molecule has 168 valence electrons. The lowest BCUT2D eigenvalue weighted by Gasteiger charge is -2.20. The van der Waals surface area contributed by atoms with Gasteiger partial charge in [-0.05, 0) is 74.6 Å². The Morgan fingerprint density at radius 1 is 0.935 bits per heavy atom. The molecule has 0 bridgehead atoms. The minimum Gasteiger partial charge on any atom is -0.492 e. The molecule has 0 saturated carbocycles. The van der Waals surface area contributed by atoms with Gasteiger partial charge < -0.3 is 10.1 Å². The number of hydrogen-bond acceptors (Lipinski definition) is 4. The Balaban J connectivity index is 1.63. The monoisotopic (exact) mass is 444 g/mol. The third kappa shape index (κ3) is 5.86. The van der Waals surface area contributed by atoms with Crippen LogP contribution < -0.4 is 10.1 Å². The largest absolute Gasteiger partial charge is 0.492 e. The Kier molecular flexibility index (Phi) is 7.73. The van der Waals surface area contributed by atoms with Gasteiger partial charge in [0, 0.05) is 18.7 Å². The smallest absolute Gasteiger partial charge is 0.251 e. The quantitative estimate of drug-likeness (QED) is 0.656. The zero-order chi connectivity index (χ0) is 22.4. The molecule has 1 heterocycles. The molecule has 1 saturated heterocycles. The molecule has 2 aromatic carbocycles. The van der Waals surface area contributed by atoms with E-state index in [1.54, 1.807) is 16.4 Å². The van der Waals surface area contributed by atoms with Gasteiger partial charge in [0.15, 0.2) is 0 Å². The lowest BCUT2D eigenvalue weighted by molar-refractivity contribution is 0.0946. The van der Waals surface area contributed by atoms with E-state index in [9.17, 15) is 13.2 Å². The molecule has 1 amide bonds. The number of benzene rings is 2. The van der Waals surface area contributed by atoms with Gasteiger partial charge in [-0.2, -0.15) is 4.31 Å². The summed E-state index contributed by atoms with van der Waals surface area (Å²) in [5.74, 6) is 0.466. The van der Waals surface area contributed by atoms with Crippen LogP contribution in [0.5, 0.6) is 5.75 Å². The van der Waals surface area contributed by atoms with E-state index >= 15 is 0 Å². The van der Waals surface area contributed by atoms with Gasteiger partial charge in [0.05, 0.1) is 11.4 Å². The predicted molar refractivity (Wildman–Crippen MR) is 122 cm³/mol. The van der Waals surface area contributed by atoms with Gasteiger partial charge in [-0.1, -0.05) is 25.0 Å². The summed E-state index contributed by atoms with van der Waals surface area (Å²) in [6.45, 7) is 7.61. The molecular formula is C24H32N2O4S. The van der Waals surface area contributed by atoms with Crippen molar-refractivity contribution in [2.45, 2.75) is 51.3 Å².